The summed E-state index contributed by atoms with van der Waals surface area (Å²) in [5.74, 6) is 1.92. The Morgan fingerprint density at radius 3 is 2.50 bits per heavy atom. The number of carbonyl (C=O) groups is 1. The molecule has 0 heterocycles. The normalized spacial score (nSPS) is 17.5. The summed E-state index contributed by atoms with van der Waals surface area (Å²) in [4.78, 5) is 11.2. The average molecular weight is 218 g/mol. The van der Waals surface area contributed by atoms with E-state index in [1.54, 1.807) is 7.11 Å². The molecule has 0 amide bonds. The van der Waals surface area contributed by atoms with Gasteiger partial charge in [-0.05, 0) is 42.9 Å². The number of hydrogen-bond donors (Lipinski definition) is 0. The van der Waals surface area contributed by atoms with E-state index in [0.29, 0.717) is 11.7 Å². The van der Waals surface area contributed by atoms with Crippen molar-refractivity contribution in [3.63, 3.8) is 0 Å². The van der Waals surface area contributed by atoms with Crippen molar-refractivity contribution in [3.05, 3.63) is 29.3 Å². The average Bonchev–Trinajstić information content (AvgIpc) is 2.30. The quantitative estimate of drug-likeness (QED) is 0.761. The second-order valence-electron chi connectivity index (χ2n) is 4.54. The summed E-state index contributed by atoms with van der Waals surface area (Å²) in [7, 11) is 1.70. The van der Waals surface area contributed by atoms with Crippen LogP contribution >= 0.6 is 0 Å². The van der Waals surface area contributed by atoms with Crippen LogP contribution in [0.15, 0.2) is 18.2 Å². The van der Waals surface area contributed by atoms with Gasteiger partial charge in [0.25, 0.3) is 0 Å². The van der Waals surface area contributed by atoms with E-state index >= 15 is 0 Å². The summed E-state index contributed by atoms with van der Waals surface area (Å²) in [5.41, 5.74) is 2.53. The van der Waals surface area contributed by atoms with E-state index in [1.165, 1.54) is 11.1 Å². The van der Waals surface area contributed by atoms with Gasteiger partial charge in [-0.3, -0.25) is 4.79 Å². The number of ketones is 1. The van der Waals surface area contributed by atoms with E-state index in [0.717, 1.165) is 31.4 Å². The third kappa shape index (κ3) is 2.26. The van der Waals surface area contributed by atoms with Gasteiger partial charge in [0, 0.05) is 12.8 Å². The van der Waals surface area contributed by atoms with Gasteiger partial charge in [0.05, 0.1) is 7.11 Å². The molecule has 1 aromatic carbocycles. The third-order valence-electron chi connectivity index (χ3n) is 3.43. The highest BCUT2D eigenvalue weighted by atomic mass is 16.5. The second-order valence-corrected chi connectivity index (χ2v) is 4.54. The van der Waals surface area contributed by atoms with Gasteiger partial charge >= 0.3 is 0 Å². The first-order valence-electron chi connectivity index (χ1n) is 5.87. The van der Waals surface area contributed by atoms with E-state index in [4.69, 9.17) is 4.74 Å². The van der Waals surface area contributed by atoms with Crippen molar-refractivity contribution < 1.29 is 9.53 Å². The van der Waals surface area contributed by atoms with Crippen LogP contribution in [0.3, 0.4) is 0 Å². The van der Waals surface area contributed by atoms with E-state index in [-0.39, 0.29) is 0 Å². The van der Waals surface area contributed by atoms with E-state index in [2.05, 4.69) is 19.1 Å². The standard InChI is InChI=1S/C14H18O2/c1-10-9-12(5-8-14(10)16-2)11-3-6-13(15)7-4-11/h5,8-9,11H,3-4,6-7H2,1-2H3. The number of rotatable bonds is 2. The molecule has 1 fully saturated rings. The maximum Gasteiger partial charge on any atom is 0.132 e. The lowest BCUT2D eigenvalue weighted by atomic mass is 9.83. The van der Waals surface area contributed by atoms with Crippen molar-refractivity contribution in [2.75, 3.05) is 7.11 Å². The number of aryl methyl sites for hydroxylation is 1. The Bertz CT molecular complexity index is 386. The molecule has 2 rings (SSSR count). The van der Waals surface area contributed by atoms with Gasteiger partial charge in [-0.15, -0.1) is 0 Å². The topological polar surface area (TPSA) is 26.3 Å². The molecule has 0 atom stereocenters. The molecular weight excluding hydrogens is 200 g/mol. The van der Waals surface area contributed by atoms with Gasteiger partial charge in [-0.2, -0.15) is 0 Å². The van der Waals surface area contributed by atoms with Gasteiger partial charge < -0.3 is 4.74 Å². The minimum Gasteiger partial charge on any atom is -0.496 e. The van der Waals surface area contributed by atoms with Crippen LogP contribution in [0, 0.1) is 6.92 Å². The summed E-state index contributed by atoms with van der Waals surface area (Å²) in [6.07, 6.45) is 3.50. The molecule has 1 aromatic rings. The van der Waals surface area contributed by atoms with Gasteiger partial charge in [-0.1, -0.05) is 12.1 Å². The van der Waals surface area contributed by atoms with Crippen LogP contribution in [0.1, 0.15) is 42.7 Å². The summed E-state index contributed by atoms with van der Waals surface area (Å²) in [5, 5.41) is 0. The smallest absolute Gasteiger partial charge is 0.132 e. The number of methoxy groups -OCH3 is 1. The van der Waals surface area contributed by atoms with Crippen LogP contribution in [-0.4, -0.2) is 12.9 Å². The SMILES string of the molecule is COc1ccc(C2CCC(=O)CC2)cc1C. The Hall–Kier alpha value is -1.31. The van der Waals surface area contributed by atoms with E-state index < -0.39 is 0 Å². The fourth-order valence-corrected chi connectivity index (χ4v) is 2.43. The molecule has 2 heteroatoms. The lowest BCUT2D eigenvalue weighted by Gasteiger charge is -2.22. The number of ether oxygens (including phenoxy) is 1. The zero-order valence-corrected chi connectivity index (χ0v) is 9.95. The van der Waals surface area contributed by atoms with Gasteiger partial charge in [-0.25, -0.2) is 0 Å². The molecular formula is C14H18O2. The first kappa shape index (κ1) is 11.2. The fourth-order valence-electron chi connectivity index (χ4n) is 2.43. The molecule has 1 aliphatic rings. The molecule has 0 N–H and O–H groups in total. The van der Waals surface area contributed by atoms with Crippen LogP contribution in [0.5, 0.6) is 5.75 Å². The summed E-state index contributed by atoms with van der Waals surface area (Å²) in [6, 6.07) is 6.35. The van der Waals surface area contributed by atoms with Crippen molar-refractivity contribution >= 4 is 5.78 Å². The lowest BCUT2D eigenvalue weighted by Crippen LogP contribution is -2.12. The highest BCUT2D eigenvalue weighted by Crippen LogP contribution is 2.33. The van der Waals surface area contributed by atoms with Crippen LogP contribution < -0.4 is 4.74 Å². The summed E-state index contributed by atoms with van der Waals surface area (Å²) in [6.45, 7) is 2.07. The maximum atomic E-state index is 11.2. The van der Waals surface area contributed by atoms with Crippen molar-refractivity contribution in [1.29, 1.82) is 0 Å². The van der Waals surface area contributed by atoms with Crippen molar-refractivity contribution in [1.82, 2.24) is 0 Å². The largest absolute Gasteiger partial charge is 0.496 e. The van der Waals surface area contributed by atoms with E-state index in [9.17, 15) is 4.79 Å². The molecule has 0 spiro atoms. The number of carbonyl (C=O) groups excluding carboxylic acids is 1. The minimum absolute atomic E-state index is 0.418. The molecule has 86 valence electrons. The number of Topliss-reactive ketones (excluding diaryl/α,β-unsaturated/α-hetero) is 1. The Labute approximate surface area is 96.6 Å². The summed E-state index contributed by atoms with van der Waals surface area (Å²) < 4.78 is 5.25. The molecule has 0 aliphatic heterocycles. The van der Waals surface area contributed by atoms with Gasteiger partial charge in [0.15, 0.2) is 0 Å². The second kappa shape index (κ2) is 4.69. The number of hydrogen-bond acceptors (Lipinski definition) is 2. The molecule has 0 unspecified atom stereocenters. The molecule has 1 saturated carbocycles. The van der Waals surface area contributed by atoms with Gasteiger partial charge in [0.1, 0.15) is 11.5 Å². The molecule has 0 radical (unpaired) electrons. The highest BCUT2D eigenvalue weighted by molar-refractivity contribution is 5.79. The Morgan fingerprint density at radius 2 is 1.94 bits per heavy atom. The predicted molar refractivity (Wildman–Crippen MR) is 63.9 cm³/mol. The predicted octanol–water partition coefficient (Wildman–Crippen LogP) is 3.23. The molecule has 1 aliphatic carbocycles. The zero-order valence-electron chi connectivity index (χ0n) is 9.95. The Kier molecular flexibility index (Phi) is 3.28. The molecule has 2 nitrogen and oxygen atoms in total. The van der Waals surface area contributed by atoms with Crippen LogP contribution in [0.4, 0.5) is 0 Å². The summed E-state index contributed by atoms with van der Waals surface area (Å²) >= 11 is 0. The molecule has 0 saturated heterocycles. The first-order chi connectivity index (χ1) is 7.70. The van der Waals surface area contributed by atoms with Crippen LogP contribution in [0.2, 0.25) is 0 Å². The van der Waals surface area contributed by atoms with Crippen molar-refractivity contribution in [3.8, 4) is 5.75 Å². The third-order valence-corrected chi connectivity index (χ3v) is 3.43. The van der Waals surface area contributed by atoms with E-state index in [1.807, 2.05) is 6.07 Å². The fraction of sp³-hybridized carbons (Fsp3) is 0.500. The van der Waals surface area contributed by atoms with Crippen LogP contribution in [-0.2, 0) is 4.79 Å². The Balaban J connectivity index is 2.15. The van der Waals surface area contributed by atoms with Crippen LogP contribution in [0.25, 0.3) is 0 Å². The van der Waals surface area contributed by atoms with Gasteiger partial charge in [0.2, 0.25) is 0 Å². The van der Waals surface area contributed by atoms with Crippen molar-refractivity contribution in [2.45, 2.75) is 38.5 Å². The molecule has 16 heavy (non-hydrogen) atoms. The molecule has 0 aromatic heterocycles. The van der Waals surface area contributed by atoms with Crippen molar-refractivity contribution in [2.24, 2.45) is 0 Å². The highest BCUT2D eigenvalue weighted by Gasteiger charge is 2.20. The molecule has 0 bridgehead atoms. The lowest BCUT2D eigenvalue weighted by molar-refractivity contribution is -0.120. The Morgan fingerprint density at radius 1 is 1.25 bits per heavy atom. The minimum atomic E-state index is 0.418. The maximum absolute atomic E-state index is 11.2. The zero-order chi connectivity index (χ0) is 11.5. The monoisotopic (exact) mass is 218 g/mol. The number of benzene rings is 1. The first-order valence-corrected chi connectivity index (χ1v) is 5.87.